The van der Waals surface area contributed by atoms with E-state index in [2.05, 4.69) is 10.5 Å². The summed E-state index contributed by atoms with van der Waals surface area (Å²) >= 11 is 0. The highest BCUT2D eigenvalue weighted by atomic mass is 32.2. The smallest absolute Gasteiger partial charge is 0.360 e. The summed E-state index contributed by atoms with van der Waals surface area (Å²) in [5.41, 5.74) is 0.159. The van der Waals surface area contributed by atoms with Gasteiger partial charge in [-0.2, -0.15) is 17.5 Å². The van der Waals surface area contributed by atoms with Crippen LogP contribution >= 0.6 is 0 Å². The second-order valence-corrected chi connectivity index (χ2v) is 8.84. The molecule has 0 aromatic carbocycles. The first-order valence-electron chi connectivity index (χ1n) is 8.39. The van der Waals surface area contributed by atoms with Crippen molar-refractivity contribution in [1.29, 1.82) is 0 Å². The van der Waals surface area contributed by atoms with Gasteiger partial charge in [0.2, 0.25) is 10.0 Å². The van der Waals surface area contributed by atoms with Crippen molar-refractivity contribution in [3.05, 3.63) is 17.5 Å². The maximum absolute atomic E-state index is 12.5. The van der Waals surface area contributed by atoms with Crippen molar-refractivity contribution in [2.24, 2.45) is 0 Å². The number of hydrogen-bond acceptors (Lipinski definition) is 5. The number of carbonyl (C=O) groups excluding carboxylic acids is 1. The van der Waals surface area contributed by atoms with Gasteiger partial charge in [0.25, 0.3) is 5.91 Å². The Hall–Kier alpha value is -1.62. The van der Waals surface area contributed by atoms with Gasteiger partial charge in [-0.1, -0.05) is 5.16 Å². The zero-order valence-corrected chi connectivity index (χ0v) is 14.9. The van der Waals surface area contributed by atoms with E-state index in [0.717, 1.165) is 17.1 Å². The van der Waals surface area contributed by atoms with Gasteiger partial charge in [0.1, 0.15) is 5.76 Å². The number of sulfonamides is 1. The molecule has 2 aliphatic rings. The molecule has 1 amide bonds. The van der Waals surface area contributed by atoms with E-state index in [0.29, 0.717) is 11.7 Å². The van der Waals surface area contributed by atoms with Crippen LogP contribution in [0.25, 0.3) is 0 Å². The van der Waals surface area contributed by atoms with Gasteiger partial charge in [0, 0.05) is 30.6 Å². The Labute approximate surface area is 148 Å². The molecule has 3 rings (SSSR count). The lowest BCUT2D eigenvalue weighted by atomic mass is 10.0. The Morgan fingerprint density at radius 2 is 2.08 bits per heavy atom. The van der Waals surface area contributed by atoms with Crippen LogP contribution in [0.2, 0.25) is 0 Å². The monoisotopic (exact) mass is 395 g/mol. The number of nitrogens with zero attached hydrogens (tertiary/aromatic N) is 2. The van der Waals surface area contributed by atoms with Crippen LogP contribution in [0.3, 0.4) is 0 Å². The van der Waals surface area contributed by atoms with Crippen molar-refractivity contribution in [3.8, 4) is 0 Å². The molecule has 146 valence electrons. The summed E-state index contributed by atoms with van der Waals surface area (Å²) < 4.78 is 67.2. The fourth-order valence-electron chi connectivity index (χ4n) is 3.20. The summed E-state index contributed by atoms with van der Waals surface area (Å²) in [5, 5.41) is 6.49. The second-order valence-electron chi connectivity index (χ2n) is 6.91. The highest BCUT2D eigenvalue weighted by molar-refractivity contribution is 7.89. The average Bonchev–Trinajstić information content (AvgIpc) is 3.21. The van der Waals surface area contributed by atoms with Crippen molar-refractivity contribution < 1.29 is 30.9 Å². The number of carbonyl (C=O) groups is 1. The van der Waals surface area contributed by atoms with Gasteiger partial charge in [-0.25, -0.2) is 8.42 Å². The average molecular weight is 395 g/mol. The van der Waals surface area contributed by atoms with Crippen LogP contribution in [0.1, 0.15) is 54.8 Å². The number of piperidine rings is 1. The lowest BCUT2D eigenvalue weighted by molar-refractivity contribution is -0.107. The minimum atomic E-state index is -4.78. The summed E-state index contributed by atoms with van der Waals surface area (Å²) in [7, 11) is -4.43. The third-order valence-electron chi connectivity index (χ3n) is 4.59. The van der Waals surface area contributed by atoms with Crippen LogP contribution in [0.5, 0.6) is 0 Å². The maximum Gasteiger partial charge on any atom is 0.404 e. The summed E-state index contributed by atoms with van der Waals surface area (Å²) in [6, 6.07) is 0.621. The van der Waals surface area contributed by atoms with Crippen molar-refractivity contribution in [2.45, 2.75) is 56.8 Å². The molecule has 0 unspecified atom stereocenters. The van der Waals surface area contributed by atoms with Crippen molar-refractivity contribution in [1.82, 2.24) is 14.8 Å². The highest BCUT2D eigenvalue weighted by Crippen LogP contribution is 2.40. The molecule has 1 aliphatic carbocycles. The molecule has 2 heterocycles. The van der Waals surface area contributed by atoms with E-state index < -0.39 is 33.9 Å². The molecule has 11 heteroatoms. The summed E-state index contributed by atoms with van der Waals surface area (Å²) in [4.78, 5) is 12.2. The number of rotatable bonds is 5. The van der Waals surface area contributed by atoms with Crippen LogP contribution < -0.4 is 5.32 Å². The summed E-state index contributed by atoms with van der Waals surface area (Å²) in [6.45, 7) is 1.46. The standard InChI is InChI=1S/C15H20F3N3O4S/c1-9-6-11(4-5-21(9)26(23,24)8-15(16,17)18)19-14(22)12-7-13(25-20-12)10-2-3-10/h7,9-11H,2-6,8H2,1H3,(H,19,22)/t9-,11+/m0/s1. The number of nitrogens with one attached hydrogen (secondary N) is 1. The Morgan fingerprint density at radius 1 is 1.38 bits per heavy atom. The molecular formula is C15H20F3N3O4S. The van der Waals surface area contributed by atoms with Gasteiger partial charge >= 0.3 is 6.18 Å². The summed E-state index contributed by atoms with van der Waals surface area (Å²) in [6.07, 6.45) is -2.29. The molecule has 26 heavy (non-hydrogen) atoms. The highest BCUT2D eigenvalue weighted by Gasteiger charge is 2.42. The van der Waals surface area contributed by atoms with E-state index in [1.165, 1.54) is 6.92 Å². The first-order chi connectivity index (χ1) is 12.0. The summed E-state index contributed by atoms with van der Waals surface area (Å²) in [5.74, 6) is -1.29. The topological polar surface area (TPSA) is 92.5 Å². The molecule has 2 fully saturated rings. The van der Waals surface area contributed by atoms with E-state index in [9.17, 15) is 26.4 Å². The fraction of sp³-hybridized carbons (Fsp3) is 0.733. The van der Waals surface area contributed by atoms with E-state index in [-0.39, 0.29) is 31.1 Å². The van der Waals surface area contributed by atoms with Crippen molar-refractivity contribution in [3.63, 3.8) is 0 Å². The quantitative estimate of drug-likeness (QED) is 0.824. The molecule has 0 spiro atoms. The fourth-order valence-corrected chi connectivity index (χ4v) is 4.80. The molecular weight excluding hydrogens is 375 g/mol. The lowest BCUT2D eigenvalue weighted by Gasteiger charge is -2.37. The van der Waals surface area contributed by atoms with E-state index in [4.69, 9.17) is 4.52 Å². The van der Waals surface area contributed by atoms with Crippen LogP contribution in [-0.2, 0) is 10.0 Å². The third kappa shape index (κ3) is 4.56. The number of amides is 1. The molecule has 2 atom stereocenters. The normalized spacial score (nSPS) is 25.2. The van der Waals surface area contributed by atoms with Crippen LogP contribution in [0.15, 0.2) is 10.6 Å². The first kappa shape index (κ1) is 19.2. The van der Waals surface area contributed by atoms with Gasteiger partial charge in [-0.3, -0.25) is 4.79 Å². The third-order valence-corrected chi connectivity index (χ3v) is 6.54. The Kier molecular flexibility index (Phi) is 5.04. The number of halogens is 3. The zero-order chi connectivity index (χ0) is 19.1. The van der Waals surface area contributed by atoms with Crippen molar-refractivity contribution in [2.75, 3.05) is 12.3 Å². The molecule has 1 aromatic heterocycles. The second kappa shape index (κ2) is 6.84. The molecule has 7 nitrogen and oxygen atoms in total. The van der Waals surface area contributed by atoms with Gasteiger partial charge in [-0.15, -0.1) is 0 Å². The van der Waals surface area contributed by atoms with Crippen LogP contribution in [0, 0.1) is 0 Å². The van der Waals surface area contributed by atoms with E-state index >= 15 is 0 Å². The largest absolute Gasteiger partial charge is 0.404 e. The predicted molar refractivity (Wildman–Crippen MR) is 85.0 cm³/mol. The maximum atomic E-state index is 12.5. The Balaban J connectivity index is 1.57. The number of alkyl halides is 3. The minimum absolute atomic E-state index is 0.0728. The molecule has 0 bridgehead atoms. The lowest BCUT2D eigenvalue weighted by Crippen LogP contribution is -2.52. The predicted octanol–water partition coefficient (Wildman–Crippen LogP) is 2.03. The van der Waals surface area contributed by atoms with Gasteiger partial charge in [0.15, 0.2) is 11.4 Å². The number of hydrogen-bond donors (Lipinski definition) is 1. The Morgan fingerprint density at radius 3 is 2.65 bits per heavy atom. The zero-order valence-electron chi connectivity index (χ0n) is 14.1. The van der Waals surface area contributed by atoms with Gasteiger partial charge < -0.3 is 9.84 Å². The van der Waals surface area contributed by atoms with E-state index in [1.54, 1.807) is 6.07 Å². The van der Waals surface area contributed by atoms with Gasteiger partial charge in [0.05, 0.1) is 0 Å². The Bertz CT molecular complexity index is 773. The SMILES string of the molecule is C[C@H]1C[C@H](NC(=O)c2cc(C3CC3)on2)CCN1S(=O)(=O)CC(F)(F)F. The molecule has 1 aromatic rings. The molecule has 1 aliphatic heterocycles. The van der Waals surface area contributed by atoms with Crippen LogP contribution in [-0.4, -0.2) is 54.3 Å². The molecule has 0 radical (unpaired) electrons. The van der Waals surface area contributed by atoms with Crippen LogP contribution in [0.4, 0.5) is 13.2 Å². The van der Waals surface area contributed by atoms with Crippen molar-refractivity contribution >= 4 is 15.9 Å². The number of aromatic nitrogens is 1. The molecule has 1 saturated heterocycles. The van der Waals surface area contributed by atoms with E-state index in [1.807, 2.05) is 0 Å². The first-order valence-corrected chi connectivity index (χ1v) is 10.00. The van der Waals surface area contributed by atoms with Gasteiger partial charge in [-0.05, 0) is 32.6 Å². The minimum Gasteiger partial charge on any atom is -0.360 e. The molecule has 1 N–H and O–H groups in total. The molecule has 1 saturated carbocycles.